The van der Waals surface area contributed by atoms with Gasteiger partial charge in [0.1, 0.15) is 0 Å². The molecule has 0 saturated carbocycles. The Balaban J connectivity index is 0. The molecule has 0 N–H and O–H groups in total. The SMILES string of the molecule is P.[Co].[Fe].[Li]. The Morgan fingerprint density at radius 1 is 1.00 bits per heavy atom. The first-order chi connectivity index (χ1) is 0. The second-order valence-corrected chi connectivity index (χ2v) is 0. The van der Waals surface area contributed by atoms with Gasteiger partial charge < -0.3 is 0 Å². The average molecular weight is 156 g/mol. The van der Waals surface area contributed by atoms with Crippen molar-refractivity contribution in [1.82, 2.24) is 0 Å². The Hall–Kier alpha value is 2.05. The summed E-state index contributed by atoms with van der Waals surface area (Å²) in [6.45, 7) is 0. The molecule has 0 rings (SSSR count). The van der Waals surface area contributed by atoms with Gasteiger partial charge in [-0.3, -0.25) is 0 Å². The topological polar surface area (TPSA) is 0 Å². The Bertz CT molecular complexity index is 8.00. The standard InChI is InChI=1S/Co.Fe.Li.H3P/h;;;1H3. The largest absolute Gasteiger partial charge is 0.153 e. The van der Waals surface area contributed by atoms with E-state index in [1.165, 1.54) is 0 Å². The van der Waals surface area contributed by atoms with Gasteiger partial charge >= 0.3 is 0 Å². The van der Waals surface area contributed by atoms with Crippen LogP contribution in [0.5, 0.6) is 0 Å². The zero-order valence-corrected chi connectivity index (χ0v) is 5.95. The average Bonchev–Trinajstić information content (AvgIpc) is 0. The van der Waals surface area contributed by atoms with Gasteiger partial charge in [0.05, 0.1) is 0 Å². The van der Waals surface area contributed by atoms with E-state index in [2.05, 4.69) is 0 Å². The van der Waals surface area contributed by atoms with Gasteiger partial charge in [0.25, 0.3) is 0 Å². The molecule has 0 heterocycles. The maximum atomic E-state index is 0. The zero-order chi connectivity index (χ0) is 0. The fourth-order valence-electron chi connectivity index (χ4n) is 0. The minimum absolute atomic E-state index is 0. The van der Waals surface area contributed by atoms with Crippen molar-refractivity contribution in [3.8, 4) is 0 Å². The maximum Gasteiger partial charge on any atom is 0 e. The van der Waals surface area contributed by atoms with Crippen molar-refractivity contribution in [3.05, 3.63) is 0 Å². The van der Waals surface area contributed by atoms with Crippen molar-refractivity contribution in [2.24, 2.45) is 0 Å². The molecule has 4 heavy (non-hydrogen) atoms. The molecule has 0 spiro atoms. The molecule has 0 aliphatic rings. The van der Waals surface area contributed by atoms with Crippen LogP contribution in [0.15, 0.2) is 0 Å². The third-order valence-corrected chi connectivity index (χ3v) is 0. The van der Waals surface area contributed by atoms with Crippen LogP contribution in [0.25, 0.3) is 0 Å². The molecule has 0 aromatic carbocycles. The molecule has 0 amide bonds. The van der Waals surface area contributed by atoms with E-state index in [0.717, 1.165) is 0 Å². The molecular weight excluding hydrogens is 153 g/mol. The van der Waals surface area contributed by atoms with Crippen LogP contribution in [0, 0.1) is 0 Å². The third-order valence-electron chi connectivity index (χ3n) is 0. The van der Waals surface area contributed by atoms with Crippen LogP contribution < -0.4 is 0 Å². The molecule has 0 saturated heterocycles. The van der Waals surface area contributed by atoms with E-state index in [0.29, 0.717) is 0 Å². The van der Waals surface area contributed by atoms with E-state index < -0.39 is 0 Å². The van der Waals surface area contributed by atoms with E-state index >= 15 is 0 Å². The van der Waals surface area contributed by atoms with Crippen molar-refractivity contribution in [1.29, 1.82) is 0 Å². The molecule has 4 heteroatoms. The zero-order valence-electron chi connectivity index (χ0n) is 2.39. The van der Waals surface area contributed by atoms with Crippen LogP contribution in [-0.4, -0.2) is 18.9 Å². The summed E-state index contributed by atoms with van der Waals surface area (Å²) in [7, 11) is 0. The quantitative estimate of drug-likeness (QED) is 0.332. The monoisotopic (exact) mass is 156 g/mol. The first-order valence-electron chi connectivity index (χ1n) is 0. The van der Waals surface area contributed by atoms with Gasteiger partial charge in [-0.05, 0) is 0 Å². The summed E-state index contributed by atoms with van der Waals surface area (Å²) < 4.78 is 0. The molecule has 0 fully saturated rings. The van der Waals surface area contributed by atoms with E-state index in [1.54, 1.807) is 0 Å². The van der Waals surface area contributed by atoms with E-state index in [1.807, 2.05) is 0 Å². The summed E-state index contributed by atoms with van der Waals surface area (Å²) in [5, 5.41) is 0. The fraction of sp³-hybridized carbons (Fsp3) is 0. The van der Waals surface area contributed by atoms with Crippen molar-refractivity contribution in [2.45, 2.75) is 0 Å². The van der Waals surface area contributed by atoms with Gasteiger partial charge in [-0.2, -0.15) is 9.90 Å². The molecule has 0 aliphatic heterocycles. The molecule has 0 nitrogen and oxygen atoms in total. The molecule has 2 radical (unpaired) electrons. The van der Waals surface area contributed by atoms with Gasteiger partial charge in [0.15, 0.2) is 0 Å². The third kappa shape index (κ3) is 8.96. The summed E-state index contributed by atoms with van der Waals surface area (Å²) in [6.07, 6.45) is 0. The first-order valence-corrected chi connectivity index (χ1v) is 0. The van der Waals surface area contributed by atoms with Crippen molar-refractivity contribution in [2.75, 3.05) is 0 Å². The Labute approximate surface area is 62.3 Å². The predicted molar refractivity (Wildman–Crippen MR) is 16.9 cm³/mol. The normalized spacial score (nSPS) is 0. The molecular formula is H3CoFeLiP. The van der Waals surface area contributed by atoms with E-state index in [9.17, 15) is 0 Å². The molecule has 0 aromatic heterocycles. The summed E-state index contributed by atoms with van der Waals surface area (Å²) in [5.74, 6) is 0. The molecule has 0 aliphatic carbocycles. The summed E-state index contributed by atoms with van der Waals surface area (Å²) in [6, 6.07) is 0. The Morgan fingerprint density at radius 2 is 1.00 bits per heavy atom. The van der Waals surface area contributed by atoms with Crippen LogP contribution in [0.3, 0.4) is 0 Å². The van der Waals surface area contributed by atoms with E-state index in [4.69, 9.17) is 0 Å². The van der Waals surface area contributed by atoms with Crippen LogP contribution in [-0.2, 0) is 33.8 Å². The Kier molecular flexibility index (Phi) is 180. The number of rotatable bonds is 0. The van der Waals surface area contributed by atoms with Gasteiger partial charge in [0, 0.05) is 52.7 Å². The molecule has 1 atom stereocenters. The second kappa shape index (κ2) is 19.7. The van der Waals surface area contributed by atoms with Crippen LogP contribution in [0.2, 0.25) is 0 Å². The van der Waals surface area contributed by atoms with Crippen LogP contribution >= 0.6 is 9.90 Å². The maximum absolute atomic E-state index is 0. The first kappa shape index (κ1) is 36.7. The van der Waals surface area contributed by atoms with Crippen molar-refractivity contribution in [3.63, 3.8) is 0 Å². The summed E-state index contributed by atoms with van der Waals surface area (Å²) in [4.78, 5) is 0. The minimum Gasteiger partial charge on any atom is -0.153 e. The van der Waals surface area contributed by atoms with Crippen molar-refractivity contribution < 1.29 is 33.8 Å². The molecule has 1 unspecified atom stereocenters. The van der Waals surface area contributed by atoms with Gasteiger partial charge in [0.2, 0.25) is 0 Å². The van der Waals surface area contributed by atoms with Gasteiger partial charge in [-0.25, -0.2) is 0 Å². The number of hydrogen-bond acceptors (Lipinski definition) is 0. The molecule has 26 valence electrons. The van der Waals surface area contributed by atoms with Crippen LogP contribution in [0.4, 0.5) is 0 Å². The van der Waals surface area contributed by atoms with Gasteiger partial charge in [-0.15, -0.1) is 0 Å². The van der Waals surface area contributed by atoms with Crippen molar-refractivity contribution >= 4 is 28.8 Å². The molecule has 0 aromatic rings. The Morgan fingerprint density at radius 3 is 1.00 bits per heavy atom. The number of hydrogen-bond donors (Lipinski definition) is 0. The van der Waals surface area contributed by atoms with Crippen LogP contribution in [0.1, 0.15) is 0 Å². The van der Waals surface area contributed by atoms with Gasteiger partial charge in [-0.1, -0.05) is 0 Å². The van der Waals surface area contributed by atoms with E-state index in [-0.39, 0.29) is 62.6 Å². The summed E-state index contributed by atoms with van der Waals surface area (Å²) in [5.41, 5.74) is 0. The minimum atomic E-state index is 0. The molecule has 0 bridgehead atoms. The predicted octanol–water partition coefficient (Wildman–Crippen LogP) is -0.328. The smallest absolute Gasteiger partial charge is 0 e. The second-order valence-electron chi connectivity index (χ2n) is 0. The fourth-order valence-corrected chi connectivity index (χ4v) is 0. The summed E-state index contributed by atoms with van der Waals surface area (Å²) >= 11 is 0.